The van der Waals surface area contributed by atoms with E-state index < -0.39 is 11.9 Å². The summed E-state index contributed by atoms with van der Waals surface area (Å²) < 4.78 is 15.3. The van der Waals surface area contributed by atoms with Gasteiger partial charge in [0.2, 0.25) is 5.91 Å². The van der Waals surface area contributed by atoms with Crippen LogP contribution in [0, 0.1) is 18.7 Å². The van der Waals surface area contributed by atoms with Crippen LogP contribution in [0.4, 0.5) is 10.1 Å². The Balaban J connectivity index is 1.78. The fourth-order valence-electron chi connectivity index (χ4n) is 3.40. The Morgan fingerprint density at radius 1 is 1.19 bits per heavy atom. The number of hydrogen-bond donors (Lipinski definition) is 2. The summed E-state index contributed by atoms with van der Waals surface area (Å²) in [6.45, 7) is 9.85. The fraction of sp³-hybridized carbons (Fsp3) is 0.280. The second kappa shape index (κ2) is 12.4. The zero-order valence-electron chi connectivity index (χ0n) is 20.0. The van der Waals surface area contributed by atoms with Crippen LogP contribution in [0.2, 0.25) is 10.0 Å². The lowest BCUT2D eigenvalue weighted by Crippen LogP contribution is -2.34. The van der Waals surface area contributed by atoms with Crippen LogP contribution in [0.3, 0.4) is 0 Å². The van der Waals surface area contributed by atoms with Crippen LogP contribution in [0.1, 0.15) is 41.6 Å². The summed E-state index contributed by atoms with van der Waals surface area (Å²) in [4.78, 5) is 25.5. The monoisotopic (exact) mass is 549 g/mol. The lowest BCUT2D eigenvalue weighted by molar-refractivity contribution is -0.113. The highest BCUT2D eigenvalue weighted by atomic mass is 35.5. The summed E-state index contributed by atoms with van der Waals surface area (Å²) in [5.74, 6) is -0.598. The molecule has 1 heterocycles. The number of aromatic nitrogens is 3. The van der Waals surface area contributed by atoms with Gasteiger partial charge in [0.15, 0.2) is 11.0 Å². The molecule has 11 heteroatoms. The van der Waals surface area contributed by atoms with Gasteiger partial charge in [-0.15, -0.1) is 16.8 Å². The van der Waals surface area contributed by atoms with Crippen molar-refractivity contribution >= 4 is 52.5 Å². The van der Waals surface area contributed by atoms with Crippen LogP contribution < -0.4 is 10.6 Å². The van der Waals surface area contributed by atoms with Crippen molar-refractivity contribution in [1.29, 1.82) is 0 Å². The number of anilines is 1. The van der Waals surface area contributed by atoms with E-state index in [2.05, 4.69) is 27.4 Å². The second-order valence-electron chi connectivity index (χ2n) is 8.36. The van der Waals surface area contributed by atoms with E-state index in [9.17, 15) is 14.0 Å². The first kappa shape index (κ1) is 27.7. The lowest BCUT2D eigenvalue weighted by atomic mass is 10.0. The van der Waals surface area contributed by atoms with Gasteiger partial charge in [-0.05, 0) is 48.7 Å². The molecule has 0 aliphatic carbocycles. The molecule has 0 aliphatic heterocycles. The van der Waals surface area contributed by atoms with Gasteiger partial charge in [0, 0.05) is 17.3 Å². The van der Waals surface area contributed by atoms with Crippen LogP contribution >= 0.6 is 35.0 Å². The van der Waals surface area contributed by atoms with Gasteiger partial charge in [0.25, 0.3) is 5.91 Å². The van der Waals surface area contributed by atoms with E-state index in [0.717, 1.165) is 5.56 Å². The maximum atomic E-state index is 13.5. The molecule has 3 aromatic rings. The molecule has 36 heavy (non-hydrogen) atoms. The molecule has 0 radical (unpaired) electrons. The van der Waals surface area contributed by atoms with E-state index in [-0.39, 0.29) is 28.5 Å². The molecule has 2 aromatic carbocycles. The van der Waals surface area contributed by atoms with Crippen LogP contribution in [-0.4, -0.2) is 32.3 Å². The average molecular weight is 550 g/mol. The van der Waals surface area contributed by atoms with E-state index in [4.69, 9.17) is 23.2 Å². The Morgan fingerprint density at radius 2 is 1.94 bits per heavy atom. The van der Waals surface area contributed by atoms with E-state index >= 15 is 0 Å². The Bertz CT molecular complexity index is 1280. The van der Waals surface area contributed by atoms with E-state index in [1.54, 1.807) is 35.8 Å². The van der Waals surface area contributed by atoms with Crippen molar-refractivity contribution in [2.45, 2.75) is 38.5 Å². The van der Waals surface area contributed by atoms with Gasteiger partial charge in [0.05, 0.1) is 22.4 Å². The molecule has 0 unspecified atom stereocenters. The summed E-state index contributed by atoms with van der Waals surface area (Å²) in [6, 6.07) is 8.39. The van der Waals surface area contributed by atoms with Crippen molar-refractivity contribution in [3.05, 3.63) is 81.9 Å². The maximum Gasteiger partial charge on any atom is 0.253 e. The highest BCUT2D eigenvalue weighted by Gasteiger charge is 2.27. The molecule has 2 N–H and O–H groups in total. The molecule has 0 saturated heterocycles. The number of rotatable bonds is 10. The number of carbonyl (C=O) groups is 2. The van der Waals surface area contributed by atoms with Crippen molar-refractivity contribution in [2.75, 3.05) is 11.1 Å². The highest BCUT2D eigenvalue weighted by molar-refractivity contribution is 7.99. The number of allylic oxidation sites excluding steroid dienone is 1. The topological polar surface area (TPSA) is 88.9 Å². The molecule has 1 atom stereocenters. The van der Waals surface area contributed by atoms with Gasteiger partial charge >= 0.3 is 0 Å². The molecule has 2 amide bonds. The Morgan fingerprint density at radius 3 is 2.61 bits per heavy atom. The van der Waals surface area contributed by atoms with Crippen molar-refractivity contribution in [3.63, 3.8) is 0 Å². The molecule has 190 valence electrons. The van der Waals surface area contributed by atoms with E-state index in [0.29, 0.717) is 33.8 Å². The smallest absolute Gasteiger partial charge is 0.253 e. The predicted octanol–water partition coefficient (Wildman–Crippen LogP) is 6.08. The maximum absolute atomic E-state index is 13.5. The van der Waals surface area contributed by atoms with E-state index in [1.165, 1.54) is 30.0 Å². The van der Waals surface area contributed by atoms with Crippen molar-refractivity contribution in [1.82, 2.24) is 20.1 Å². The molecule has 0 fully saturated rings. The molecule has 0 spiro atoms. The fourth-order valence-corrected chi connectivity index (χ4v) is 4.65. The Labute approximate surface area is 223 Å². The highest BCUT2D eigenvalue weighted by Crippen LogP contribution is 2.27. The first-order valence-corrected chi connectivity index (χ1v) is 12.8. The molecular formula is C25H26Cl2FN5O2S. The number of aryl methyl sites for hydroxylation is 1. The standard InChI is InChI=1S/C25H26Cl2FN5O2S/c1-5-10-33-23(22(14(2)3)30-24(35)18-9-7-16(26)11-19(18)27)31-32-25(33)36-13-21(34)29-20-12-17(28)8-6-15(20)4/h5-9,11-12,14,22H,1,10,13H2,2-4H3,(H,29,34)(H,30,35)/t22-/m0/s1. The minimum absolute atomic E-state index is 0.0321. The van der Waals surface area contributed by atoms with Gasteiger partial charge in [-0.2, -0.15) is 0 Å². The number of hydrogen-bond acceptors (Lipinski definition) is 5. The largest absolute Gasteiger partial charge is 0.342 e. The third kappa shape index (κ3) is 6.87. The average Bonchev–Trinajstić information content (AvgIpc) is 3.20. The minimum atomic E-state index is -0.491. The molecule has 3 rings (SSSR count). The summed E-state index contributed by atoms with van der Waals surface area (Å²) in [7, 11) is 0. The van der Waals surface area contributed by atoms with Crippen molar-refractivity contribution in [3.8, 4) is 0 Å². The predicted molar refractivity (Wildman–Crippen MR) is 142 cm³/mol. The van der Waals surface area contributed by atoms with Gasteiger partial charge in [-0.25, -0.2) is 4.39 Å². The van der Waals surface area contributed by atoms with Crippen LogP contribution in [0.15, 0.2) is 54.2 Å². The molecule has 1 aromatic heterocycles. The summed E-state index contributed by atoms with van der Waals surface area (Å²) in [6.07, 6.45) is 1.68. The van der Waals surface area contributed by atoms with Gasteiger partial charge in [0.1, 0.15) is 5.82 Å². The quantitative estimate of drug-likeness (QED) is 0.236. The van der Waals surface area contributed by atoms with Gasteiger partial charge in [-0.1, -0.05) is 61.0 Å². The Hall–Kier alpha value is -2.88. The summed E-state index contributed by atoms with van der Waals surface area (Å²) >= 11 is 13.3. The number of nitrogens with zero attached hydrogens (tertiary/aromatic N) is 3. The second-order valence-corrected chi connectivity index (χ2v) is 10.1. The first-order chi connectivity index (χ1) is 17.1. The number of carbonyl (C=O) groups excluding carboxylic acids is 2. The van der Waals surface area contributed by atoms with Crippen molar-refractivity contribution < 1.29 is 14.0 Å². The Kier molecular flexibility index (Phi) is 9.53. The zero-order chi connectivity index (χ0) is 26.4. The van der Waals surface area contributed by atoms with Crippen LogP contribution in [-0.2, 0) is 11.3 Å². The van der Waals surface area contributed by atoms with Gasteiger partial charge < -0.3 is 15.2 Å². The molecule has 0 saturated carbocycles. The summed E-state index contributed by atoms with van der Waals surface area (Å²) in [5.41, 5.74) is 1.46. The van der Waals surface area contributed by atoms with E-state index in [1.807, 2.05) is 13.8 Å². The number of nitrogens with one attached hydrogen (secondary N) is 2. The number of thioether (sulfide) groups is 1. The van der Waals surface area contributed by atoms with Crippen molar-refractivity contribution in [2.24, 2.45) is 5.92 Å². The zero-order valence-corrected chi connectivity index (χ0v) is 22.3. The molecular weight excluding hydrogens is 524 g/mol. The number of benzene rings is 2. The van der Waals surface area contributed by atoms with Gasteiger partial charge in [-0.3, -0.25) is 9.59 Å². The first-order valence-electron chi connectivity index (χ1n) is 11.1. The van der Waals surface area contributed by atoms with Crippen LogP contribution in [0.25, 0.3) is 0 Å². The molecule has 0 bridgehead atoms. The number of halogens is 3. The SMILES string of the molecule is C=CCn1c(SCC(=O)Nc2cc(F)ccc2C)nnc1[C@@H](NC(=O)c1ccc(Cl)cc1Cl)C(C)C. The minimum Gasteiger partial charge on any atom is -0.342 e. The molecule has 7 nitrogen and oxygen atoms in total. The third-order valence-electron chi connectivity index (χ3n) is 5.27. The van der Waals surface area contributed by atoms with Crippen LogP contribution in [0.5, 0.6) is 0 Å². The molecule has 0 aliphatic rings. The number of amides is 2. The lowest BCUT2D eigenvalue weighted by Gasteiger charge is -2.23. The summed E-state index contributed by atoms with van der Waals surface area (Å²) in [5, 5.41) is 15.4. The normalized spacial score (nSPS) is 11.9. The third-order valence-corrected chi connectivity index (χ3v) is 6.78.